The smallest absolute Gasteiger partial charge is 0.0229 e. The summed E-state index contributed by atoms with van der Waals surface area (Å²) in [6.45, 7) is 2.55. The van der Waals surface area contributed by atoms with Crippen molar-refractivity contribution in [2.75, 3.05) is 0 Å². The summed E-state index contributed by atoms with van der Waals surface area (Å²) in [5.41, 5.74) is 0.882. The predicted molar refractivity (Wildman–Crippen MR) is 71.8 cm³/mol. The van der Waals surface area contributed by atoms with Crippen LogP contribution in [0, 0.1) is 58.7 Å². The first-order valence-electron chi connectivity index (χ1n) is 8.87. The second kappa shape index (κ2) is 2.72. The lowest BCUT2D eigenvalue weighted by molar-refractivity contribution is 0.0150. The standard InChI is InChI=1S/C18H26/c1-2-18-8-13-9-6-7-10(13)15-14(9)16(18)11-4-3-5-12(11)17(15)18/h9-17H,2-8H2,1H3. The van der Waals surface area contributed by atoms with Crippen LogP contribution in [-0.2, 0) is 0 Å². The van der Waals surface area contributed by atoms with Crippen LogP contribution in [0.1, 0.15) is 51.9 Å². The monoisotopic (exact) mass is 242 g/mol. The fourth-order valence-corrected chi connectivity index (χ4v) is 9.62. The fraction of sp³-hybridized carbons (Fsp3) is 1.00. The lowest BCUT2D eigenvalue weighted by atomic mass is 9.58. The summed E-state index contributed by atoms with van der Waals surface area (Å²) in [5, 5.41) is 0. The van der Waals surface area contributed by atoms with E-state index in [1.165, 1.54) is 59.7 Å². The molecule has 0 amide bonds. The minimum absolute atomic E-state index is 0.882. The summed E-state index contributed by atoms with van der Waals surface area (Å²) < 4.78 is 0. The van der Waals surface area contributed by atoms with Gasteiger partial charge in [-0.3, -0.25) is 0 Å². The minimum Gasteiger partial charge on any atom is -0.0648 e. The Morgan fingerprint density at radius 2 is 1.39 bits per heavy atom. The largest absolute Gasteiger partial charge is 0.0648 e. The Labute approximate surface area is 111 Å². The first kappa shape index (κ1) is 9.83. The molecule has 0 N–H and O–H groups in total. The molecular weight excluding hydrogens is 216 g/mol. The van der Waals surface area contributed by atoms with Gasteiger partial charge in [-0.15, -0.1) is 0 Å². The Balaban J connectivity index is 1.58. The second-order valence-corrected chi connectivity index (χ2v) is 8.82. The summed E-state index contributed by atoms with van der Waals surface area (Å²) in [7, 11) is 0. The van der Waals surface area contributed by atoms with Crippen molar-refractivity contribution in [2.24, 2.45) is 58.7 Å². The molecule has 0 saturated heterocycles. The zero-order valence-electron chi connectivity index (χ0n) is 11.6. The van der Waals surface area contributed by atoms with Crippen molar-refractivity contribution in [2.45, 2.75) is 51.9 Å². The van der Waals surface area contributed by atoms with E-state index in [-0.39, 0.29) is 0 Å². The molecule has 18 heavy (non-hydrogen) atoms. The van der Waals surface area contributed by atoms with Crippen molar-refractivity contribution in [3.05, 3.63) is 0 Å². The number of hydrogen-bond donors (Lipinski definition) is 0. The molecule has 7 aliphatic carbocycles. The van der Waals surface area contributed by atoms with Crippen molar-refractivity contribution in [3.63, 3.8) is 0 Å². The van der Waals surface area contributed by atoms with Gasteiger partial charge < -0.3 is 0 Å². The minimum atomic E-state index is 0.882. The maximum atomic E-state index is 2.55. The Hall–Kier alpha value is 0. The quantitative estimate of drug-likeness (QED) is 0.641. The molecule has 0 aliphatic heterocycles. The summed E-state index contributed by atoms with van der Waals surface area (Å²) in [5.74, 6) is 11.0. The van der Waals surface area contributed by atoms with E-state index in [1.54, 1.807) is 38.5 Å². The zero-order chi connectivity index (χ0) is 11.6. The van der Waals surface area contributed by atoms with E-state index in [0.717, 1.165) is 5.41 Å². The van der Waals surface area contributed by atoms with Gasteiger partial charge in [-0.25, -0.2) is 0 Å². The van der Waals surface area contributed by atoms with Crippen molar-refractivity contribution < 1.29 is 0 Å². The normalized spacial score (nSPS) is 73.5. The van der Waals surface area contributed by atoms with Gasteiger partial charge in [0.1, 0.15) is 0 Å². The van der Waals surface area contributed by atoms with Gasteiger partial charge in [-0.05, 0) is 97.2 Å². The maximum absolute atomic E-state index is 2.55. The van der Waals surface area contributed by atoms with Crippen LogP contribution in [0.15, 0.2) is 0 Å². The lowest BCUT2D eigenvalue weighted by Crippen LogP contribution is -2.40. The molecule has 98 valence electrons. The van der Waals surface area contributed by atoms with Crippen molar-refractivity contribution in [3.8, 4) is 0 Å². The second-order valence-electron chi connectivity index (χ2n) is 8.82. The topological polar surface area (TPSA) is 0 Å². The third-order valence-corrected chi connectivity index (χ3v) is 9.34. The summed E-state index contributed by atoms with van der Waals surface area (Å²) in [4.78, 5) is 0. The maximum Gasteiger partial charge on any atom is -0.0229 e. The molecule has 8 atom stereocenters. The fourth-order valence-electron chi connectivity index (χ4n) is 9.62. The highest BCUT2D eigenvalue weighted by Gasteiger charge is 2.80. The zero-order valence-corrected chi connectivity index (χ0v) is 11.6. The summed E-state index contributed by atoms with van der Waals surface area (Å²) >= 11 is 0. The summed E-state index contributed by atoms with van der Waals surface area (Å²) in [6.07, 6.45) is 11.3. The van der Waals surface area contributed by atoms with Gasteiger partial charge in [-0.1, -0.05) is 13.3 Å². The van der Waals surface area contributed by atoms with E-state index < -0.39 is 0 Å². The Bertz CT molecular complexity index is 392. The van der Waals surface area contributed by atoms with Gasteiger partial charge in [-0.2, -0.15) is 0 Å². The highest BCUT2D eigenvalue weighted by atomic mass is 14.8. The van der Waals surface area contributed by atoms with Crippen LogP contribution in [0.3, 0.4) is 0 Å². The summed E-state index contributed by atoms with van der Waals surface area (Å²) in [6, 6.07) is 0. The molecule has 0 aromatic rings. The van der Waals surface area contributed by atoms with Crippen LogP contribution in [0.5, 0.6) is 0 Å². The third-order valence-electron chi connectivity index (χ3n) is 9.34. The van der Waals surface area contributed by atoms with Crippen LogP contribution in [0.2, 0.25) is 0 Å². The average Bonchev–Trinajstić information content (AvgIpc) is 3.14. The van der Waals surface area contributed by atoms with E-state index in [9.17, 15) is 0 Å². The van der Waals surface area contributed by atoms with Gasteiger partial charge in [0.05, 0.1) is 0 Å². The first-order chi connectivity index (χ1) is 8.87. The van der Waals surface area contributed by atoms with E-state index in [2.05, 4.69) is 6.92 Å². The highest BCUT2D eigenvalue weighted by molar-refractivity contribution is 5.28. The van der Waals surface area contributed by atoms with E-state index in [0.29, 0.717) is 0 Å². The Morgan fingerprint density at radius 3 is 1.94 bits per heavy atom. The molecule has 0 heteroatoms. The SMILES string of the molecule is CCC12CC3C4CCC3C3C4C1C1CCCC1C32. The molecule has 0 heterocycles. The first-order valence-corrected chi connectivity index (χ1v) is 8.87. The van der Waals surface area contributed by atoms with Gasteiger partial charge in [0.2, 0.25) is 0 Å². The predicted octanol–water partition coefficient (Wildman–Crippen LogP) is 4.35. The molecular formula is C18H26. The van der Waals surface area contributed by atoms with Crippen molar-refractivity contribution >= 4 is 0 Å². The van der Waals surface area contributed by atoms with E-state index in [1.807, 2.05) is 0 Å². The van der Waals surface area contributed by atoms with Crippen LogP contribution in [-0.4, -0.2) is 0 Å². The average molecular weight is 242 g/mol. The Morgan fingerprint density at radius 1 is 0.778 bits per heavy atom. The van der Waals surface area contributed by atoms with E-state index >= 15 is 0 Å². The molecule has 0 nitrogen and oxygen atoms in total. The van der Waals surface area contributed by atoms with Gasteiger partial charge in [0.15, 0.2) is 0 Å². The molecule has 7 aliphatic rings. The lowest BCUT2D eigenvalue weighted by Gasteiger charge is -2.47. The van der Waals surface area contributed by atoms with Crippen LogP contribution < -0.4 is 0 Å². The number of hydrogen-bond acceptors (Lipinski definition) is 0. The van der Waals surface area contributed by atoms with Gasteiger partial charge in [0.25, 0.3) is 0 Å². The van der Waals surface area contributed by atoms with Gasteiger partial charge in [0, 0.05) is 0 Å². The number of rotatable bonds is 1. The van der Waals surface area contributed by atoms with Crippen molar-refractivity contribution in [1.29, 1.82) is 0 Å². The molecule has 7 fully saturated rings. The molecule has 0 aromatic heterocycles. The van der Waals surface area contributed by atoms with Crippen LogP contribution in [0.25, 0.3) is 0 Å². The third kappa shape index (κ3) is 0.714. The van der Waals surface area contributed by atoms with Crippen LogP contribution >= 0.6 is 0 Å². The van der Waals surface area contributed by atoms with E-state index in [4.69, 9.17) is 0 Å². The van der Waals surface area contributed by atoms with Crippen LogP contribution in [0.4, 0.5) is 0 Å². The molecule has 0 spiro atoms. The van der Waals surface area contributed by atoms with Gasteiger partial charge >= 0.3 is 0 Å². The molecule has 8 bridgehead atoms. The molecule has 8 unspecified atom stereocenters. The highest BCUT2D eigenvalue weighted by Crippen LogP contribution is 2.86. The Kier molecular flexibility index (Phi) is 1.49. The van der Waals surface area contributed by atoms with Crippen molar-refractivity contribution in [1.82, 2.24) is 0 Å². The molecule has 7 saturated carbocycles. The number of fused-ring (bicyclic) bond motifs is 1. The molecule has 0 aromatic carbocycles. The molecule has 0 radical (unpaired) electrons. The molecule has 7 rings (SSSR count).